The third-order valence-corrected chi connectivity index (χ3v) is 2.50. The quantitative estimate of drug-likeness (QED) is 0.621. The Morgan fingerprint density at radius 2 is 2.18 bits per heavy atom. The first-order chi connectivity index (χ1) is 8.25. The van der Waals surface area contributed by atoms with Gasteiger partial charge in [-0.1, -0.05) is 6.07 Å². The molecule has 3 N–H and O–H groups in total. The van der Waals surface area contributed by atoms with Crippen molar-refractivity contribution < 1.29 is 9.90 Å². The monoisotopic (exact) mass is 228 g/mol. The van der Waals surface area contributed by atoms with Crippen LogP contribution in [0.15, 0.2) is 30.5 Å². The van der Waals surface area contributed by atoms with E-state index in [0.717, 1.165) is 5.69 Å². The molecule has 0 aliphatic carbocycles. The molecule has 0 aliphatic rings. The molecule has 1 aromatic carbocycles. The standard InChI is InChI=1S/C11H8N4O2/c16-11(17)6-2-1-3-7-9(6)14-10(13-7)8-4-5-12-15-8/h1-5H,(H,12,15)(H,13,14)(H,16,17). The highest BCUT2D eigenvalue weighted by atomic mass is 16.4. The zero-order valence-electron chi connectivity index (χ0n) is 8.64. The molecule has 0 aliphatic heterocycles. The number of carboxylic acids is 1. The van der Waals surface area contributed by atoms with Crippen LogP contribution in [-0.4, -0.2) is 31.2 Å². The van der Waals surface area contributed by atoms with Crippen LogP contribution in [0.3, 0.4) is 0 Å². The summed E-state index contributed by atoms with van der Waals surface area (Å²) < 4.78 is 0. The van der Waals surface area contributed by atoms with Crippen LogP contribution in [0.1, 0.15) is 10.4 Å². The normalized spacial score (nSPS) is 10.8. The predicted octanol–water partition coefficient (Wildman–Crippen LogP) is 1.65. The molecule has 0 spiro atoms. The zero-order chi connectivity index (χ0) is 11.8. The number of aromatic carboxylic acids is 1. The molecule has 0 bridgehead atoms. The number of fused-ring (bicyclic) bond motifs is 1. The van der Waals surface area contributed by atoms with Gasteiger partial charge in [0.15, 0.2) is 5.82 Å². The highest BCUT2D eigenvalue weighted by molar-refractivity contribution is 6.01. The number of nitrogens with zero attached hydrogens (tertiary/aromatic N) is 2. The molecule has 6 heteroatoms. The van der Waals surface area contributed by atoms with E-state index in [1.165, 1.54) is 6.07 Å². The molecule has 0 radical (unpaired) electrons. The van der Waals surface area contributed by atoms with Crippen molar-refractivity contribution in [3.05, 3.63) is 36.0 Å². The molecule has 0 saturated carbocycles. The number of para-hydroxylation sites is 1. The minimum absolute atomic E-state index is 0.185. The van der Waals surface area contributed by atoms with Crippen LogP contribution in [0.4, 0.5) is 0 Å². The first kappa shape index (κ1) is 9.59. The number of H-pyrrole nitrogens is 2. The molecule has 2 aromatic heterocycles. The molecule has 3 rings (SSSR count). The summed E-state index contributed by atoms with van der Waals surface area (Å²) in [7, 11) is 0. The smallest absolute Gasteiger partial charge is 0.337 e. The van der Waals surface area contributed by atoms with Crippen LogP contribution in [0.2, 0.25) is 0 Å². The molecule has 0 amide bonds. The summed E-state index contributed by atoms with van der Waals surface area (Å²) in [4.78, 5) is 18.4. The summed E-state index contributed by atoms with van der Waals surface area (Å²) in [5, 5.41) is 15.6. The minimum Gasteiger partial charge on any atom is -0.478 e. The summed E-state index contributed by atoms with van der Waals surface area (Å²) in [5.74, 6) is -0.413. The van der Waals surface area contributed by atoms with E-state index < -0.39 is 5.97 Å². The van der Waals surface area contributed by atoms with Crippen molar-refractivity contribution in [2.24, 2.45) is 0 Å². The average molecular weight is 228 g/mol. The molecule has 3 aromatic rings. The Labute approximate surface area is 95.3 Å². The highest BCUT2D eigenvalue weighted by Crippen LogP contribution is 2.21. The number of hydrogen-bond acceptors (Lipinski definition) is 3. The van der Waals surface area contributed by atoms with Gasteiger partial charge in [0.1, 0.15) is 11.2 Å². The Hall–Kier alpha value is -2.63. The number of aromatic nitrogens is 4. The third-order valence-electron chi connectivity index (χ3n) is 2.50. The molecule has 6 nitrogen and oxygen atoms in total. The maximum Gasteiger partial charge on any atom is 0.337 e. The highest BCUT2D eigenvalue weighted by Gasteiger charge is 2.13. The SMILES string of the molecule is O=C(O)c1cccc2[nH]c(-c3ccn[nH]3)nc12. The van der Waals surface area contributed by atoms with Gasteiger partial charge >= 0.3 is 5.97 Å². The van der Waals surface area contributed by atoms with Gasteiger partial charge in [0.25, 0.3) is 0 Å². The van der Waals surface area contributed by atoms with Crippen molar-refractivity contribution >= 4 is 17.0 Å². The molecule has 0 fully saturated rings. The minimum atomic E-state index is -0.988. The Kier molecular flexibility index (Phi) is 1.94. The lowest BCUT2D eigenvalue weighted by Crippen LogP contribution is -1.96. The van der Waals surface area contributed by atoms with E-state index in [1.807, 2.05) is 0 Å². The summed E-state index contributed by atoms with van der Waals surface area (Å²) in [6.45, 7) is 0. The first-order valence-electron chi connectivity index (χ1n) is 4.97. The van der Waals surface area contributed by atoms with E-state index in [2.05, 4.69) is 20.2 Å². The molecular weight excluding hydrogens is 220 g/mol. The first-order valence-corrected chi connectivity index (χ1v) is 4.97. The van der Waals surface area contributed by atoms with E-state index >= 15 is 0 Å². The van der Waals surface area contributed by atoms with Crippen molar-refractivity contribution in [1.29, 1.82) is 0 Å². The molecule has 0 atom stereocenters. The van der Waals surface area contributed by atoms with E-state index in [1.54, 1.807) is 24.4 Å². The molecule has 2 heterocycles. The van der Waals surface area contributed by atoms with Crippen molar-refractivity contribution in [3.8, 4) is 11.5 Å². The van der Waals surface area contributed by atoms with Crippen LogP contribution >= 0.6 is 0 Å². The van der Waals surface area contributed by atoms with E-state index in [-0.39, 0.29) is 5.56 Å². The number of carbonyl (C=O) groups is 1. The van der Waals surface area contributed by atoms with Gasteiger partial charge in [0, 0.05) is 6.20 Å². The van der Waals surface area contributed by atoms with Gasteiger partial charge < -0.3 is 10.1 Å². The predicted molar refractivity (Wildman–Crippen MR) is 60.6 cm³/mol. The summed E-state index contributed by atoms with van der Waals surface area (Å²) in [5.41, 5.74) is 2.04. The van der Waals surface area contributed by atoms with E-state index in [0.29, 0.717) is 16.9 Å². The molecule has 84 valence electrons. The number of imidazole rings is 1. The Morgan fingerprint density at radius 1 is 1.29 bits per heavy atom. The molecule has 17 heavy (non-hydrogen) atoms. The fraction of sp³-hybridized carbons (Fsp3) is 0. The number of rotatable bonds is 2. The van der Waals surface area contributed by atoms with Gasteiger partial charge in [-0.2, -0.15) is 5.10 Å². The second-order valence-electron chi connectivity index (χ2n) is 3.56. The van der Waals surface area contributed by atoms with E-state index in [4.69, 9.17) is 5.11 Å². The maximum absolute atomic E-state index is 11.0. The van der Waals surface area contributed by atoms with Crippen LogP contribution in [-0.2, 0) is 0 Å². The number of aromatic amines is 2. The second kappa shape index (κ2) is 3.44. The molecule has 0 unspecified atom stereocenters. The third kappa shape index (κ3) is 1.46. The summed E-state index contributed by atoms with van der Waals surface area (Å²) in [6.07, 6.45) is 1.61. The van der Waals surface area contributed by atoms with Crippen LogP contribution < -0.4 is 0 Å². The topological polar surface area (TPSA) is 94.7 Å². The Balaban J connectivity index is 2.26. The lowest BCUT2D eigenvalue weighted by Gasteiger charge is -1.93. The Bertz CT molecular complexity index is 685. The van der Waals surface area contributed by atoms with Gasteiger partial charge in [-0.25, -0.2) is 9.78 Å². The van der Waals surface area contributed by atoms with Crippen LogP contribution in [0.25, 0.3) is 22.6 Å². The van der Waals surface area contributed by atoms with Crippen LogP contribution in [0.5, 0.6) is 0 Å². The number of nitrogens with one attached hydrogen (secondary N) is 2. The van der Waals surface area contributed by atoms with Gasteiger partial charge in [-0.3, -0.25) is 5.10 Å². The Morgan fingerprint density at radius 3 is 2.88 bits per heavy atom. The number of benzene rings is 1. The molecular formula is C11H8N4O2. The largest absolute Gasteiger partial charge is 0.478 e. The van der Waals surface area contributed by atoms with Crippen molar-refractivity contribution in [1.82, 2.24) is 20.2 Å². The summed E-state index contributed by atoms with van der Waals surface area (Å²) >= 11 is 0. The van der Waals surface area contributed by atoms with Crippen LogP contribution in [0, 0.1) is 0 Å². The number of carboxylic acid groups (broad SMARTS) is 1. The van der Waals surface area contributed by atoms with Gasteiger partial charge in [0.05, 0.1) is 11.1 Å². The van der Waals surface area contributed by atoms with Crippen molar-refractivity contribution in [3.63, 3.8) is 0 Å². The van der Waals surface area contributed by atoms with Gasteiger partial charge in [-0.05, 0) is 18.2 Å². The fourth-order valence-electron chi connectivity index (χ4n) is 1.72. The maximum atomic E-state index is 11.0. The van der Waals surface area contributed by atoms with Gasteiger partial charge in [0.2, 0.25) is 0 Å². The average Bonchev–Trinajstić information content (AvgIpc) is 2.96. The van der Waals surface area contributed by atoms with Crippen molar-refractivity contribution in [2.45, 2.75) is 0 Å². The molecule has 0 saturated heterocycles. The van der Waals surface area contributed by atoms with Gasteiger partial charge in [-0.15, -0.1) is 0 Å². The van der Waals surface area contributed by atoms with E-state index in [9.17, 15) is 4.79 Å². The zero-order valence-corrected chi connectivity index (χ0v) is 8.64. The lowest BCUT2D eigenvalue weighted by atomic mass is 10.2. The van der Waals surface area contributed by atoms with Crippen molar-refractivity contribution in [2.75, 3.05) is 0 Å². The summed E-state index contributed by atoms with van der Waals surface area (Å²) in [6, 6.07) is 6.76. The second-order valence-corrected chi connectivity index (χ2v) is 3.56. The lowest BCUT2D eigenvalue weighted by molar-refractivity contribution is 0.0699. The number of hydrogen-bond donors (Lipinski definition) is 3. The fourth-order valence-corrected chi connectivity index (χ4v) is 1.72.